The van der Waals surface area contributed by atoms with Crippen molar-refractivity contribution in [3.63, 3.8) is 0 Å². The van der Waals surface area contributed by atoms with Gasteiger partial charge in [-0.1, -0.05) is 12.1 Å². The number of alkyl halides is 4. The average molecular weight is 670 g/mol. The van der Waals surface area contributed by atoms with E-state index in [4.69, 9.17) is 15.0 Å². The summed E-state index contributed by atoms with van der Waals surface area (Å²) >= 11 is 0. The maximum absolute atomic E-state index is 13.4. The lowest BCUT2D eigenvalue weighted by molar-refractivity contribution is -0.192. The minimum Gasteiger partial charge on any atom is -0.475 e. The Kier molecular flexibility index (Phi) is 8.87. The van der Waals surface area contributed by atoms with Crippen molar-refractivity contribution < 1.29 is 37.1 Å². The third-order valence-electron chi connectivity index (χ3n) is 8.22. The number of hydrogen-bond acceptors (Lipinski definition) is 9. The minimum absolute atomic E-state index is 0.00557. The van der Waals surface area contributed by atoms with Crippen molar-refractivity contribution in [3.8, 4) is 11.3 Å². The largest absolute Gasteiger partial charge is 0.490 e. The lowest BCUT2D eigenvalue weighted by Crippen LogP contribution is -2.46. The van der Waals surface area contributed by atoms with Gasteiger partial charge in [-0.2, -0.15) is 13.2 Å². The zero-order chi connectivity index (χ0) is 34.2. The van der Waals surface area contributed by atoms with Gasteiger partial charge in [0.05, 0.1) is 29.2 Å². The van der Waals surface area contributed by atoms with Crippen LogP contribution < -0.4 is 20.9 Å². The molecule has 5 heterocycles. The Morgan fingerprint density at radius 1 is 1.04 bits per heavy atom. The highest BCUT2D eigenvalue weighted by molar-refractivity contribution is 5.95. The zero-order valence-electron chi connectivity index (χ0n) is 25.6. The van der Waals surface area contributed by atoms with Crippen LogP contribution >= 0.6 is 0 Å². The highest BCUT2D eigenvalue weighted by atomic mass is 19.4. The molecule has 3 aromatic heterocycles. The van der Waals surface area contributed by atoms with Crippen LogP contribution in [0.5, 0.6) is 0 Å². The Morgan fingerprint density at radius 2 is 1.77 bits per heavy atom. The normalized spacial score (nSPS) is 18.5. The summed E-state index contributed by atoms with van der Waals surface area (Å²) in [6.45, 7) is 3.69. The number of carbonyl (C=O) groups is 3. The molecule has 1 aromatic carbocycles. The molecule has 4 aromatic rings. The number of nitrogens with zero attached hydrogens (tertiary/aromatic N) is 6. The van der Waals surface area contributed by atoms with Gasteiger partial charge in [0.2, 0.25) is 0 Å². The summed E-state index contributed by atoms with van der Waals surface area (Å²) in [6.07, 6.45) is -1.84. The number of nitrogens with one attached hydrogen (secondary N) is 3. The molecule has 13 nitrogen and oxygen atoms in total. The molecule has 0 spiro atoms. The quantitative estimate of drug-likeness (QED) is 0.225. The molecule has 0 radical (unpaired) electrons. The number of amides is 2. The summed E-state index contributed by atoms with van der Waals surface area (Å²) in [5.74, 6) is -2.49. The molecule has 252 valence electrons. The second kappa shape index (κ2) is 13.1. The Hall–Kier alpha value is -5.32. The van der Waals surface area contributed by atoms with Crippen molar-refractivity contribution in [1.29, 1.82) is 0 Å². The molecule has 1 saturated heterocycles. The van der Waals surface area contributed by atoms with Crippen molar-refractivity contribution in [2.75, 3.05) is 50.0 Å². The molecular weight excluding hydrogens is 638 g/mol. The van der Waals surface area contributed by atoms with E-state index in [0.29, 0.717) is 43.1 Å². The van der Waals surface area contributed by atoms with Crippen molar-refractivity contribution in [2.45, 2.75) is 31.2 Å². The van der Waals surface area contributed by atoms with Crippen LogP contribution in [0.3, 0.4) is 0 Å². The van der Waals surface area contributed by atoms with Crippen LogP contribution in [0, 0.1) is 0 Å². The maximum atomic E-state index is 13.4. The third kappa shape index (κ3) is 6.58. The number of piperazine rings is 1. The van der Waals surface area contributed by atoms with Crippen LogP contribution in [0.2, 0.25) is 0 Å². The first kappa shape index (κ1) is 32.6. The van der Waals surface area contributed by atoms with Gasteiger partial charge >= 0.3 is 12.1 Å². The topological polar surface area (TPSA) is 157 Å². The third-order valence-corrected chi connectivity index (χ3v) is 8.22. The fourth-order valence-corrected chi connectivity index (χ4v) is 5.62. The van der Waals surface area contributed by atoms with Gasteiger partial charge in [-0.3, -0.25) is 14.6 Å². The van der Waals surface area contributed by atoms with Crippen LogP contribution in [0.15, 0.2) is 48.8 Å². The van der Waals surface area contributed by atoms with Gasteiger partial charge < -0.3 is 30.9 Å². The molecular formula is C31H31F4N9O4. The standard InChI is InChI=1S/C29H30FN9O2.C2HF3O2/c1-31-23-14-26(36-39-25(16-34-27(23)39)28(40)35-22-13-20(22)30)38-10-7-19-18(3-2-4-24(19)38)21-6-5-17(15-33-21)29(41)37-11-8-32-9-12-37;3-2(4,5)1(6)7/h2-6,14-16,20,22,31-32H,7-13H2,1H3,(H,35,40);(H,6,7)/t20-,22+;/m0./s1. The van der Waals surface area contributed by atoms with E-state index in [-0.39, 0.29) is 11.6 Å². The Balaban J connectivity index is 0.000000519. The van der Waals surface area contributed by atoms with Crippen molar-refractivity contribution in [3.05, 3.63) is 65.6 Å². The second-order valence-corrected chi connectivity index (χ2v) is 11.4. The summed E-state index contributed by atoms with van der Waals surface area (Å²) in [6, 6.07) is 11.3. The molecule has 2 fully saturated rings. The van der Waals surface area contributed by atoms with E-state index in [2.05, 4.69) is 36.9 Å². The monoisotopic (exact) mass is 669 g/mol. The van der Waals surface area contributed by atoms with Gasteiger partial charge in [-0.25, -0.2) is 18.7 Å². The Morgan fingerprint density at radius 3 is 2.40 bits per heavy atom. The smallest absolute Gasteiger partial charge is 0.475 e. The van der Waals surface area contributed by atoms with Crippen LogP contribution in [0.4, 0.5) is 34.8 Å². The van der Waals surface area contributed by atoms with Crippen molar-refractivity contribution in [2.24, 2.45) is 0 Å². The summed E-state index contributed by atoms with van der Waals surface area (Å²) in [5.41, 5.74) is 6.04. The zero-order valence-corrected chi connectivity index (χ0v) is 25.6. The molecule has 2 atom stereocenters. The van der Waals surface area contributed by atoms with Gasteiger partial charge in [0, 0.05) is 69.7 Å². The van der Waals surface area contributed by atoms with Crippen LogP contribution in [-0.4, -0.2) is 106 Å². The molecule has 2 amide bonds. The molecule has 17 heteroatoms. The van der Waals surface area contributed by atoms with Crippen LogP contribution in [-0.2, 0) is 11.2 Å². The lowest BCUT2D eigenvalue weighted by Gasteiger charge is -2.27. The number of rotatable bonds is 6. The molecule has 7 rings (SSSR count). The van der Waals surface area contributed by atoms with E-state index in [9.17, 15) is 27.2 Å². The first-order valence-corrected chi connectivity index (χ1v) is 15.1. The number of halogens is 4. The van der Waals surface area contributed by atoms with Gasteiger partial charge in [0.1, 0.15) is 6.17 Å². The fourth-order valence-electron chi connectivity index (χ4n) is 5.62. The number of benzene rings is 1. The molecule has 0 unspecified atom stereocenters. The molecule has 1 saturated carbocycles. The molecule has 48 heavy (non-hydrogen) atoms. The highest BCUT2D eigenvalue weighted by Crippen LogP contribution is 2.40. The van der Waals surface area contributed by atoms with E-state index in [1.165, 1.54) is 10.7 Å². The lowest BCUT2D eigenvalue weighted by atomic mass is 10.0. The van der Waals surface area contributed by atoms with Crippen molar-refractivity contribution >= 4 is 40.6 Å². The number of anilines is 3. The van der Waals surface area contributed by atoms with Crippen LogP contribution in [0.25, 0.3) is 16.9 Å². The number of carbonyl (C=O) groups excluding carboxylic acids is 2. The molecule has 1 aliphatic carbocycles. The van der Waals surface area contributed by atoms with Gasteiger partial charge in [-0.15, -0.1) is 5.10 Å². The van der Waals surface area contributed by atoms with E-state index >= 15 is 0 Å². The molecule has 3 aliphatic rings. The Bertz CT molecular complexity index is 1860. The molecule has 2 aliphatic heterocycles. The fraction of sp³-hybridized carbons (Fsp3) is 0.355. The summed E-state index contributed by atoms with van der Waals surface area (Å²) < 4.78 is 46.7. The van der Waals surface area contributed by atoms with Crippen LogP contribution in [0.1, 0.15) is 32.8 Å². The van der Waals surface area contributed by atoms with E-state index in [1.807, 2.05) is 35.2 Å². The minimum atomic E-state index is -5.08. The van der Waals surface area contributed by atoms with E-state index in [1.54, 1.807) is 13.2 Å². The number of fused-ring (bicyclic) bond motifs is 2. The van der Waals surface area contributed by atoms with Crippen molar-refractivity contribution in [1.82, 2.24) is 35.1 Å². The highest BCUT2D eigenvalue weighted by Gasteiger charge is 2.39. The number of carboxylic acid groups (broad SMARTS) is 1. The van der Waals surface area contributed by atoms with Gasteiger partial charge in [0.15, 0.2) is 17.2 Å². The number of aromatic nitrogens is 4. The second-order valence-electron chi connectivity index (χ2n) is 11.4. The first-order chi connectivity index (χ1) is 23.0. The number of hydrogen-bond donors (Lipinski definition) is 4. The van der Waals surface area contributed by atoms with E-state index < -0.39 is 30.3 Å². The average Bonchev–Trinajstić information content (AvgIpc) is 3.42. The SMILES string of the molecule is CNc1cc(N2CCc3c(-c4ccc(C(=O)N5CCNCC5)cn4)cccc32)nn2c(C(=O)N[C@@H]3C[C@@H]3F)cnc12.O=C(O)C(F)(F)F. The number of aliphatic carboxylic acids is 1. The maximum Gasteiger partial charge on any atom is 0.490 e. The van der Waals surface area contributed by atoms with Gasteiger partial charge in [0.25, 0.3) is 11.8 Å². The predicted octanol–water partition coefficient (Wildman–Crippen LogP) is 3.05. The number of carboxylic acids is 1. The molecule has 0 bridgehead atoms. The summed E-state index contributed by atoms with van der Waals surface area (Å²) in [4.78, 5) is 47.7. The summed E-state index contributed by atoms with van der Waals surface area (Å²) in [5, 5.41) is 21.1. The molecule has 4 N–H and O–H groups in total. The predicted molar refractivity (Wildman–Crippen MR) is 166 cm³/mol. The number of imidazole rings is 1. The number of pyridine rings is 1. The van der Waals surface area contributed by atoms with Gasteiger partial charge in [-0.05, 0) is 30.2 Å². The van der Waals surface area contributed by atoms with E-state index in [0.717, 1.165) is 47.7 Å². The Labute approximate surface area is 270 Å². The summed E-state index contributed by atoms with van der Waals surface area (Å²) in [7, 11) is 1.80. The first-order valence-electron chi connectivity index (χ1n) is 15.1.